The van der Waals surface area contributed by atoms with Crippen molar-refractivity contribution in [1.82, 2.24) is 0 Å². The van der Waals surface area contributed by atoms with Gasteiger partial charge in [-0.1, -0.05) is 39.7 Å². The molecule has 2 aromatic carbocycles. The van der Waals surface area contributed by atoms with E-state index in [2.05, 4.69) is 61.0 Å². The molecular weight excluding hydrogens is 348 g/mol. The average molecular weight is 368 g/mol. The third-order valence-electron chi connectivity index (χ3n) is 3.86. The van der Waals surface area contributed by atoms with Crippen LogP contribution < -0.4 is 4.74 Å². The van der Waals surface area contributed by atoms with Crippen LogP contribution in [0.15, 0.2) is 28.7 Å². The Bertz CT molecular complexity index is 679. The summed E-state index contributed by atoms with van der Waals surface area (Å²) in [6.07, 6.45) is 0. The Balaban J connectivity index is 2.65. The number of methoxy groups -OCH3 is 1. The van der Waals surface area contributed by atoms with Crippen LogP contribution in [0.1, 0.15) is 38.8 Å². The van der Waals surface area contributed by atoms with Gasteiger partial charge in [-0.2, -0.15) is 0 Å². The fourth-order valence-corrected chi connectivity index (χ4v) is 3.78. The predicted molar refractivity (Wildman–Crippen MR) is 93.8 cm³/mol. The van der Waals surface area contributed by atoms with E-state index in [-0.39, 0.29) is 5.38 Å². The summed E-state index contributed by atoms with van der Waals surface area (Å²) < 4.78 is 6.67. The van der Waals surface area contributed by atoms with Crippen LogP contribution in [0.5, 0.6) is 5.75 Å². The highest BCUT2D eigenvalue weighted by Crippen LogP contribution is 2.42. The zero-order valence-corrected chi connectivity index (χ0v) is 15.4. The molecule has 0 aliphatic rings. The summed E-state index contributed by atoms with van der Waals surface area (Å²) in [4.78, 5) is 0. The van der Waals surface area contributed by atoms with Gasteiger partial charge in [-0.3, -0.25) is 0 Å². The SMILES string of the molecule is COc1c(C)cc(Br)c(C)c1C(Cl)c1ccc(C)cc1C. The number of benzene rings is 2. The molecule has 1 atom stereocenters. The second kappa shape index (κ2) is 6.41. The van der Waals surface area contributed by atoms with Gasteiger partial charge in [0.1, 0.15) is 5.75 Å². The van der Waals surface area contributed by atoms with E-state index in [0.29, 0.717) is 0 Å². The van der Waals surface area contributed by atoms with Gasteiger partial charge in [-0.15, -0.1) is 11.6 Å². The number of hydrogen-bond acceptors (Lipinski definition) is 1. The van der Waals surface area contributed by atoms with Gasteiger partial charge in [0.2, 0.25) is 0 Å². The minimum Gasteiger partial charge on any atom is -0.496 e. The van der Waals surface area contributed by atoms with Crippen molar-refractivity contribution in [2.24, 2.45) is 0 Å². The number of aryl methyl sites for hydroxylation is 3. The van der Waals surface area contributed by atoms with E-state index in [1.165, 1.54) is 11.1 Å². The first-order valence-electron chi connectivity index (χ1n) is 6.91. The van der Waals surface area contributed by atoms with Crippen LogP contribution in [0, 0.1) is 27.7 Å². The van der Waals surface area contributed by atoms with Crippen LogP contribution in [-0.4, -0.2) is 7.11 Å². The van der Waals surface area contributed by atoms with Crippen LogP contribution >= 0.6 is 27.5 Å². The van der Waals surface area contributed by atoms with Crippen LogP contribution in [-0.2, 0) is 0 Å². The van der Waals surface area contributed by atoms with E-state index < -0.39 is 0 Å². The summed E-state index contributed by atoms with van der Waals surface area (Å²) in [6, 6.07) is 8.45. The normalized spacial score (nSPS) is 12.3. The first-order chi connectivity index (χ1) is 9.86. The Kier molecular flexibility index (Phi) is 5.00. The summed E-state index contributed by atoms with van der Waals surface area (Å²) in [6.45, 7) is 8.30. The molecule has 1 unspecified atom stereocenters. The van der Waals surface area contributed by atoms with E-state index in [1.807, 2.05) is 6.92 Å². The van der Waals surface area contributed by atoms with Crippen LogP contribution in [0.25, 0.3) is 0 Å². The molecule has 0 bridgehead atoms. The summed E-state index contributed by atoms with van der Waals surface area (Å²) in [5.74, 6) is 0.871. The molecule has 0 N–H and O–H groups in total. The maximum atomic E-state index is 6.82. The summed E-state index contributed by atoms with van der Waals surface area (Å²) in [5, 5.41) is -0.225. The topological polar surface area (TPSA) is 9.23 Å². The van der Waals surface area contributed by atoms with Crippen molar-refractivity contribution in [2.45, 2.75) is 33.1 Å². The minimum absolute atomic E-state index is 0.225. The second-order valence-corrected chi connectivity index (χ2v) is 6.76. The number of alkyl halides is 1. The number of halogens is 2. The quantitative estimate of drug-likeness (QED) is 0.603. The van der Waals surface area contributed by atoms with Crippen LogP contribution in [0.2, 0.25) is 0 Å². The van der Waals surface area contributed by atoms with E-state index in [1.54, 1.807) is 7.11 Å². The number of rotatable bonds is 3. The molecule has 0 fully saturated rings. The smallest absolute Gasteiger partial charge is 0.127 e. The molecule has 0 amide bonds. The molecular formula is C18H20BrClO. The van der Waals surface area contributed by atoms with Gasteiger partial charge < -0.3 is 4.74 Å². The molecule has 0 saturated carbocycles. The fourth-order valence-electron chi connectivity index (χ4n) is 2.72. The third kappa shape index (κ3) is 3.12. The maximum Gasteiger partial charge on any atom is 0.127 e. The van der Waals surface area contributed by atoms with Gasteiger partial charge in [0, 0.05) is 10.0 Å². The minimum atomic E-state index is -0.225. The van der Waals surface area contributed by atoms with Crippen LogP contribution in [0.3, 0.4) is 0 Å². The highest BCUT2D eigenvalue weighted by molar-refractivity contribution is 9.10. The van der Waals surface area contributed by atoms with Crippen molar-refractivity contribution in [2.75, 3.05) is 7.11 Å². The Morgan fingerprint density at radius 2 is 1.71 bits per heavy atom. The molecule has 3 heteroatoms. The lowest BCUT2D eigenvalue weighted by Gasteiger charge is -2.21. The largest absolute Gasteiger partial charge is 0.496 e. The molecule has 0 aliphatic heterocycles. The lowest BCUT2D eigenvalue weighted by atomic mass is 9.93. The van der Waals surface area contributed by atoms with Crippen molar-refractivity contribution in [3.8, 4) is 5.75 Å². The Morgan fingerprint density at radius 3 is 2.29 bits per heavy atom. The number of hydrogen-bond donors (Lipinski definition) is 0. The van der Waals surface area contributed by atoms with E-state index in [4.69, 9.17) is 16.3 Å². The highest BCUT2D eigenvalue weighted by Gasteiger charge is 2.22. The average Bonchev–Trinajstić information content (AvgIpc) is 2.41. The van der Waals surface area contributed by atoms with E-state index in [9.17, 15) is 0 Å². The van der Waals surface area contributed by atoms with Crippen molar-refractivity contribution >= 4 is 27.5 Å². The maximum absolute atomic E-state index is 6.82. The lowest BCUT2D eigenvalue weighted by molar-refractivity contribution is 0.406. The summed E-state index contributed by atoms with van der Waals surface area (Å²) in [7, 11) is 1.70. The molecule has 112 valence electrons. The summed E-state index contributed by atoms with van der Waals surface area (Å²) in [5.41, 5.74) is 6.82. The summed E-state index contributed by atoms with van der Waals surface area (Å²) >= 11 is 10.4. The van der Waals surface area contributed by atoms with Gasteiger partial charge in [0.05, 0.1) is 12.5 Å². The fraction of sp³-hybridized carbons (Fsp3) is 0.333. The van der Waals surface area contributed by atoms with Gasteiger partial charge in [0.25, 0.3) is 0 Å². The van der Waals surface area contributed by atoms with Crippen molar-refractivity contribution in [1.29, 1.82) is 0 Å². The zero-order valence-electron chi connectivity index (χ0n) is 13.1. The predicted octanol–water partition coefficient (Wildman–Crippen LogP) is 6.02. The van der Waals surface area contributed by atoms with Crippen molar-refractivity contribution in [3.63, 3.8) is 0 Å². The molecule has 1 nitrogen and oxygen atoms in total. The molecule has 2 rings (SSSR count). The highest BCUT2D eigenvalue weighted by atomic mass is 79.9. The van der Waals surface area contributed by atoms with E-state index in [0.717, 1.165) is 32.5 Å². The molecule has 0 spiro atoms. The van der Waals surface area contributed by atoms with Crippen molar-refractivity contribution < 1.29 is 4.74 Å². The molecule has 2 aromatic rings. The molecule has 0 heterocycles. The van der Waals surface area contributed by atoms with Crippen molar-refractivity contribution in [3.05, 3.63) is 62.1 Å². The van der Waals surface area contributed by atoms with E-state index >= 15 is 0 Å². The molecule has 0 aromatic heterocycles. The molecule has 0 radical (unpaired) electrons. The monoisotopic (exact) mass is 366 g/mol. The van der Waals surface area contributed by atoms with Gasteiger partial charge in [-0.25, -0.2) is 0 Å². The molecule has 0 aliphatic carbocycles. The van der Waals surface area contributed by atoms with Gasteiger partial charge >= 0.3 is 0 Å². The Morgan fingerprint density at radius 1 is 1.05 bits per heavy atom. The lowest BCUT2D eigenvalue weighted by Crippen LogP contribution is -2.04. The second-order valence-electron chi connectivity index (χ2n) is 5.47. The standard InChI is InChI=1S/C18H20BrClO/c1-10-6-7-14(11(2)8-10)17(20)16-13(4)15(19)9-12(3)18(16)21-5/h6-9,17H,1-5H3. The van der Waals surface area contributed by atoms with Gasteiger partial charge in [0.15, 0.2) is 0 Å². The first kappa shape index (κ1) is 16.4. The van der Waals surface area contributed by atoms with Crippen LogP contribution in [0.4, 0.5) is 0 Å². The van der Waals surface area contributed by atoms with Gasteiger partial charge in [-0.05, 0) is 56.0 Å². The Labute approximate surface area is 140 Å². The molecule has 0 saturated heterocycles. The zero-order chi connectivity index (χ0) is 15.7. The third-order valence-corrected chi connectivity index (χ3v) is 5.14. The molecule has 21 heavy (non-hydrogen) atoms. The Hall–Kier alpha value is -0.990. The number of ether oxygens (including phenoxy) is 1. The first-order valence-corrected chi connectivity index (χ1v) is 8.14.